The fourth-order valence-electron chi connectivity index (χ4n) is 1.60. The molecule has 1 aromatic carbocycles. The summed E-state index contributed by atoms with van der Waals surface area (Å²) in [6, 6.07) is 5.77. The van der Waals surface area contributed by atoms with Gasteiger partial charge in [0.1, 0.15) is 4.88 Å². The maximum Gasteiger partial charge on any atom is 0.348 e. The van der Waals surface area contributed by atoms with E-state index in [0.717, 1.165) is 20.6 Å². The van der Waals surface area contributed by atoms with Crippen LogP contribution in [0.5, 0.6) is 0 Å². The van der Waals surface area contributed by atoms with E-state index >= 15 is 0 Å². The Morgan fingerprint density at radius 3 is 2.76 bits per heavy atom. The number of aromatic carboxylic acids is 1. The molecule has 0 fully saturated rings. The molecule has 0 radical (unpaired) electrons. The largest absolute Gasteiger partial charge is 0.477 e. The number of hydrogen-bond acceptors (Lipinski definition) is 3. The standard InChI is InChI=1S/C12H10BrNO2S/c1-6-3-4-8(13)5-9(6)10-11(12(15)16)17-7(2)14-10/h3-5H,1-2H3,(H,15,16). The zero-order valence-electron chi connectivity index (χ0n) is 9.32. The number of hydrogen-bond donors (Lipinski definition) is 1. The van der Waals surface area contributed by atoms with Gasteiger partial charge in [-0.2, -0.15) is 0 Å². The molecule has 0 spiro atoms. The Balaban J connectivity index is 2.67. The number of benzene rings is 1. The molecule has 17 heavy (non-hydrogen) atoms. The summed E-state index contributed by atoms with van der Waals surface area (Å²) in [6.07, 6.45) is 0. The van der Waals surface area contributed by atoms with E-state index in [4.69, 9.17) is 5.11 Å². The van der Waals surface area contributed by atoms with E-state index in [1.807, 2.05) is 32.0 Å². The van der Waals surface area contributed by atoms with Gasteiger partial charge >= 0.3 is 5.97 Å². The van der Waals surface area contributed by atoms with Crippen molar-refractivity contribution in [2.45, 2.75) is 13.8 Å². The third-order valence-electron chi connectivity index (χ3n) is 2.38. The minimum absolute atomic E-state index is 0.295. The molecule has 0 atom stereocenters. The number of carbonyl (C=O) groups is 1. The van der Waals surface area contributed by atoms with Crippen LogP contribution in [-0.2, 0) is 0 Å². The van der Waals surface area contributed by atoms with E-state index in [1.165, 1.54) is 11.3 Å². The SMILES string of the molecule is Cc1nc(-c2cc(Br)ccc2C)c(C(=O)O)s1. The average molecular weight is 312 g/mol. The van der Waals surface area contributed by atoms with Crippen molar-refractivity contribution >= 4 is 33.2 Å². The second-order valence-corrected chi connectivity index (χ2v) is 5.79. The number of aryl methyl sites for hydroxylation is 2. The Morgan fingerprint density at radius 2 is 2.12 bits per heavy atom. The zero-order chi connectivity index (χ0) is 12.6. The molecular formula is C12H10BrNO2S. The molecule has 0 aliphatic heterocycles. The molecule has 0 saturated carbocycles. The van der Waals surface area contributed by atoms with Crippen LogP contribution in [-0.4, -0.2) is 16.1 Å². The summed E-state index contributed by atoms with van der Waals surface area (Å²) in [5.41, 5.74) is 2.43. The van der Waals surface area contributed by atoms with Gasteiger partial charge in [-0.25, -0.2) is 9.78 Å². The Hall–Kier alpha value is -1.20. The molecule has 5 heteroatoms. The lowest BCUT2D eigenvalue weighted by molar-refractivity contribution is 0.0702. The van der Waals surface area contributed by atoms with Crippen LogP contribution in [0.3, 0.4) is 0 Å². The lowest BCUT2D eigenvalue weighted by Crippen LogP contribution is -1.96. The summed E-state index contributed by atoms with van der Waals surface area (Å²) in [4.78, 5) is 15.8. The van der Waals surface area contributed by atoms with E-state index in [0.29, 0.717) is 10.6 Å². The van der Waals surface area contributed by atoms with Gasteiger partial charge in [0.05, 0.1) is 10.7 Å². The van der Waals surface area contributed by atoms with Crippen LogP contribution in [0, 0.1) is 13.8 Å². The van der Waals surface area contributed by atoms with Crippen molar-refractivity contribution in [2.24, 2.45) is 0 Å². The smallest absolute Gasteiger partial charge is 0.348 e. The molecule has 1 aromatic heterocycles. The zero-order valence-corrected chi connectivity index (χ0v) is 11.7. The third-order valence-corrected chi connectivity index (χ3v) is 3.84. The highest BCUT2D eigenvalue weighted by molar-refractivity contribution is 9.10. The summed E-state index contributed by atoms with van der Waals surface area (Å²) in [5, 5.41) is 9.92. The van der Waals surface area contributed by atoms with Crippen LogP contribution in [0.25, 0.3) is 11.3 Å². The van der Waals surface area contributed by atoms with Crippen molar-refractivity contribution in [3.8, 4) is 11.3 Å². The van der Waals surface area contributed by atoms with Crippen molar-refractivity contribution < 1.29 is 9.90 Å². The fourth-order valence-corrected chi connectivity index (χ4v) is 2.74. The highest BCUT2D eigenvalue weighted by Crippen LogP contribution is 2.32. The normalized spacial score (nSPS) is 10.5. The summed E-state index contributed by atoms with van der Waals surface area (Å²) in [5.74, 6) is -0.926. The van der Waals surface area contributed by atoms with Gasteiger partial charge in [-0.1, -0.05) is 22.0 Å². The molecule has 3 nitrogen and oxygen atoms in total. The monoisotopic (exact) mass is 311 g/mol. The first kappa shape index (κ1) is 12.3. The molecule has 0 aliphatic carbocycles. The Morgan fingerprint density at radius 1 is 1.41 bits per heavy atom. The molecule has 88 valence electrons. The number of carboxylic acid groups (broad SMARTS) is 1. The maximum atomic E-state index is 11.2. The third kappa shape index (κ3) is 2.40. The lowest BCUT2D eigenvalue weighted by atomic mass is 10.1. The number of thiazole rings is 1. The van der Waals surface area contributed by atoms with Gasteiger partial charge in [-0.15, -0.1) is 11.3 Å². The highest BCUT2D eigenvalue weighted by atomic mass is 79.9. The van der Waals surface area contributed by atoms with Crippen LogP contribution in [0.4, 0.5) is 0 Å². The van der Waals surface area contributed by atoms with Gasteiger partial charge in [-0.3, -0.25) is 0 Å². The molecule has 2 aromatic rings. The summed E-state index contributed by atoms with van der Waals surface area (Å²) >= 11 is 4.60. The van der Waals surface area contributed by atoms with Gasteiger partial charge in [-0.05, 0) is 31.5 Å². The molecule has 0 amide bonds. The van der Waals surface area contributed by atoms with Crippen molar-refractivity contribution in [2.75, 3.05) is 0 Å². The van der Waals surface area contributed by atoms with Gasteiger partial charge in [0.2, 0.25) is 0 Å². The second kappa shape index (κ2) is 4.58. The topological polar surface area (TPSA) is 50.2 Å². The fraction of sp³-hybridized carbons (Fsp3) is 0.167. The van der Waals surface area contributed by atoms with E-state index in [-0.39, 0.29) is 0 Å². The van der Waals surface area contributed by atoms with Gasteiger partial charge in [0.15, 0.2) is 0 Å². The van der Waals surface area contributed by atoms with Crippen LogP contribution < -0.4 is 0 Å². The molecule has 1 N–H and O–H groups in total. The van der Waals surface area contributed by atoms with E-state index in [2.05, 4.69) is 20.9 Å². The van der Waals surface area contributed by atoms with Crippen molar-refractivity contribution in [1.29, 1.82) is 0 Å². The van der Waals surface area contributed by atoms with E-state index in [9.17, 15) is 4.79 Å². The predicted molar refractivity (Wildman–Crippen MR) is 71.7 cm³/mol. The summed E-state index contributed by atoms with van der Waals surface area (Å²) in [7, 11) is 0. The van der Waals surface area contributed by atoms with Crippen LogP contribution >= 0.6 is 27.3 Å². The minimum atomic E-state index is -0.926. The number of carboxylic acids is 1. The number of aromatic nitrogens is 1. The molecule has 0 unspecified atom stereocenters. The molecule has 0 aliphatic rings. The summed E-state index contributed by atoms with van der Waals surface area (Å²) in [6.45, 7) is 3.76. The van der Waals surface area contributed by atoms with Crippen LogP contribution in [0.15, 0.2) is 22.7 Å². The first-order valence-electron chi connectivity index (χ1n) is 4.96. The van der Waals surface area contributed by atoms with Gasteiger partial charge in [0.25, 0.3) is 0 Å². The number of nitrogens with zero attached hydrogens (tertiary/aromatic N) is 1. The second-order valence-electron chi connectivity index (χ2n) is 3.68. The van der Waals surface area contributed by atoms with Crippen LogP contribution in [0.1, 0.15) is 20.2 Å². The Bertz CT molecular complexity index is 592. The molecule has 1 heterocycles. The van der Waals surface area contributed by atoms with Crippen LogP contribution in [0.2, 0.25) is 0 Å². The number of halogens is 1. The Labute approximate surface area is 111 Å². The first-order chi connectivity index (χ1) is 7.99. The quantitative estimate of drug-likeness (QED) is 0.915. The first-order valence-corrected chi connectivity index (χ1v) is 6.57. The molecule has 2 rings (SSSR count). The average Bonchev–Trinajstić information content (AvgIpc) is 2.64. The minimum Gasteiger partial charge on any atom is -0.477 e. The number of rotatable bonds is 2. The molecule has 0 bridgehead atoms. The van der Waals surface area contributed by atoms with E-state index < -0.39 is 5.97 Å². The summed E-state index contributed by atoms with van der Waals surface area (Å²) < 4.78 is 0.917. The van der Waals surface area contributed by atoms with Crippen molar-refractivity contribution in [1.82, 2.24) is 4.98 Å². The lowest BCUT2D eigenvalue weighted by Gasteiger charge is -2.04. The molecular weight excluding hydrogens is 302 g/mol. The highest BCUT2D eigenvalue weighted by Gasteiger charge is 2.18. The van der Waals surface area contributed by atoms with Crippen molar-refractivity contribution in [3.05, 3.63) is 38.1 Å². The maximum absolute atomic E-state index is 11.2. The van der Waals surface area contributed by atoms with Gasteiger partial charge < -0.3 is 5.11 Å². The Kier molecular flexibility index (Phi) is 3.31. The van der Waals surface area contributed by atoms with Gasteiger partial charge in [0, 0.05) is 10.0 Å². The van der Waals surface area contributed by atoms with E-state index in [1.54, 1.807) is 0 Å². The predicted octanol–water partition coefficient (Wildman–Crippen LogP) is 3.89. The van der Waals surface area contributed by atoms with Crippen molar-refractivity contribution in [3.63, 3.8) is 0 Å². The molecule has 0 saturated heterocycles.